The van der Waals surface area contributed by atoms with Crippen LogP contribution in [0.15, 0.2) is 25.0 Å². The van der Waals surface area contributed by atoms with Crippen LogP contribution in [-0.4, -0.2) is 94.2 Å². The Morgan fingerprint density at radius 3 is 1.57 bits per heavy atom. The predicted molar refractivity (Wildman–Crippen MR) is 99.3 cm³/mol. The fourth-order valence-corrected chi connectivity index (χ4v) is 3.57. The van der Waals surface area contributed by atoms with Gasteiger partial charge in [0.15, 0.2) is 0 Å². The normalized spacial score (nSPS) is 17.8. The zero-order chi connectivity index (χ0) is 19.9. The van der Waals surface area contributed by atoms with Gasteiger partial charge in [-0.2, -0.15) is 0 Å². The number of hydrogen-bond acceptors (Lipinski definition) is 8. The summed E-state index contributed by atoms with van der Waals surface area (Å²) in [6.07, 6.45) is 7.62. The van der Waals surface area contributed by atoms with Crippen LogP contribution in [0.4, 0.5) is 0 Å². The summed E-state index contributed by atoms with van der Waals surface area (Å²) < 4.78 is 10.0. The summed E-state index contributed by atoms with van der Waals surface area (Å²) in [7, 11) is 2.80. The lowest BCUT2D eigenvalue weighted by Gasteiger charge is -2.40. The van der Waals surface area contributed by atoms with E-state index in [0.717, 1.165) is 11.4 Å². The molecule has 1 aliphatic rings. The van der Waals surface area contributed by atoms with Gasteiger partial charge in [-0.25, -0.2) is 9.97 Å². The summed E-state index contributed by atoms with van der Waals surface area (Å²) in [4.78, 5) is 42.9. The maximum atomic E-state index is 12.3. The number of aromatic nitrogens is 4. The lowest BCUT2D eigenvalue weighted by molar-refractivity contribution is -0.151. The van der Waals surface area contributed by atoms with Gasteiger partial charge in [0, 0.05) is 62.8 Å². The number of esters is 2. The van der Waals surface area contributed by atoms with Crippen LogP contribution in [0.2, 0.25) is 0 Å². The van der Waals surface area contributed by atoms with Crippen molar-refractivity contribution in [3.05, 3.63) is 36.4 Å². The smallest absolute Gasteiger partial charge is 0.323 e. The lowest BCUT2D eigenvalue weighted by atomic mass is 10.1. The van der Waals surface area contributed by atoms with E-state index in [0.29, 0.717) is 39.0 Å². The fraction of sp³-hybridized carbons (Fsp3) is 0.556. The Morgan fingerprint density at radius 1 is 0.893 bits per heavy atom. The predicted octanol–water partition coefficient (Wildman–Crippen LogP) is -0.381. The van der Waals surface area contributed by atoms with Gasteiger partial charge < -0.3 is 19.4 Å². The monoisotopic (exact) mass is 390 g/mol. The second-order valence-electron chi connectivity index (χ2n) is 6.71. The molecule has 0 aliphatic carbocycles. The fourth-order valence-electron chi connectivity index (χ4n) is 3.57. The van der Waals surface area contributed by atoms with Crippen molar-refractivity contribution in [1.29, 1.82) is 0 Å². The highest BCUT2D eigenvalue weighted by molar-refractivity contribution is 5.76. The maximum Gasteiger partial charge on any atom is 0.323 e. The van der Waals surface area contributed by atoms with Crippen molar-refractivity contribution in [2.45, 2.75) is 24.9 Å². The molecule has 3 heterocycles. The van der Waals surface area contributed by atoms with Crippen molar-refractivity contribution in [3.63, 3.8) is 0 Å². The molecule has 0 amide bonds. The Balaban J connectivity index is 1.64. The van der Waals surface area contributed by atoms with Gasteiger partial charge in [-0.05, 0) is 0 Å². The zero-order valence-electron chi connectivity index (χ0n) is 16.1. The van der Waals surface area contributed by atoms with Gasteiger partial charge in [0.05, 0.1) is 26.9 Å². The number of nitrogens with one attached hydrogen (secondary N) is 2. The molecule has 3 rings (SSSR count). The first kappa shape index (κ1) is 20.0. The van der Waals surface area contributed by atoms with Crippen molar-refractivity contribution in [1.82, 2.24) is 29.7 Å². The van der Waals surface area contributed by atoms with E-state index in [2.05, 4.69) is 29.7 Å². The van der Waals surface area contributed by atoms with Crippen LogP contribution in [0.25, 0.3) is 0 Å². The number of aromatic amines is 2. The van der Waals surface area contributed by atoms with E-state index in [1.165, 1.54) is 14.2 Å². The van der Waals surface area contributed by atoms with Gasteiger partial charge in [0.25, 0.3) is 0 Å². The molecule has 2 atom stereocenters. The first-order chi connectivity index (χ1) is 13.6. The Labute approximate surface area is 163 Å². The second-order valence-corrected chi connectivity index (χ2v) is 6.71. The van der Waals surface area contributed by atoms with Crippen LogP contribution in [0.3, 0.4) is 0 Å². The molecule has 28 heavy (non-hydrogen) atoms. The number of carbonyl (C=O) groups excluding carboxylic acids is 2. The Morgan fingerprint density at radius 2 is 1.29 bits per heavy atom. The van der Waals surface area contributed by atoms with Crippen LogP contribution < -0.4 is 0 Å². The van der Waals surface area contributed by atoms with Crippen molar-refractivity contribution in [2.24, 2.45) is 0 Å². The maximum absolute atomic E-state index is 12.3. The van der Waals surface area contributed by atoms with Gasteiger partial charge >= 0.3 is 11.9 Å². The van der Waals surface area contributed by atoms with Crippen LogP contribution in [0.1, 0.15) is 11.4 Å². The van der Waals surface area contributed by atoms with E-state index in [1.807, 2.05) is 0 Å². The summed E-state index contributed by atoms with van der Waals surface area (Å²) in [5, 5.41) is 0. The molecule has 10 nitrogen and oxygen atoms in total. The minimum Gasteiger partial charge on any atom is -0.468 e. The minimum absolute atomic E-state index is 0.273. The summed E-state index contributed by atoms with van der Waals surface area (Å²) >= 11 is 0. The van der Waals surface area contributed by atoms with Crippen molar-refractivity contribution in [2.75, 3.05) is 40.4 Å². The van der Waals surface area contributed by atoms with Gasteiger partial charge in [-0.15, -0.1) is 0 Å². The number of imidazole rings is 2. The highest BCUT2D eigenvalue weighted by Gasteiger charge is 2.34. The van der Waals surface area contributed by atoms with E-state index in [9.17, 15) is 9.59 Å². The molecule has 1 aliphatic heterocycles. The molecule has 0 unspecified atom stereocenters. The summed E-state index contributed by atoms with van der Waals surface area (Å²) in [6.45, 7) is 2.57. The topological polar surface area (TPSA) is 116 Å². The molecule has 0 spiro atoms. The first-order valence-electron chi connectivity index (χ1n) is 9.20. The molecular weight excluding hydrogens is 364 g/mol. The SMILES string of the molecule is COC(=O)[C@H](Cc1cnc[nH]1)N1CCN([C@@H](Cc2cnc[nH]2)C(=O)OC)CC1. The van der Waals surface area contributed by atoms with Crippen LogP contribution in [0.5, 0.6) is 0 Å². The number of carbonyl (C=O) groups is 2. The largest absolute Gasteiger partial charge is 0.468 e. The molecular formula is C18H26N6O4. The third-order valence-corrected chi connectivity index (χ3v) is 5.11. The Kier molecular flexibility index (Phi) is 6.77. The number of H-pyrrole nitrogens is 2. The summed E-state index contributed by atoms with van der Waals surface area (Å²) in [5.41, 5.74) is 1.76. The van der Waals surface area contributed by atoms with E-state index < -0.39 is 12.1 Å². The number of piperazine rings is 1. The molecule has 0 radical (unpaired) electrons. The summed E-state index contributed by atoms with van der Waals surface area (Å²) in [5.74, 6) is -0.546. The molecule has 152 valence electrons. The molecule has 10 heteroatoms. The number of nitrogens with zero attached hydrogens (tertiary/aromatic N) is 4. The number of hydrogen-bond donors (Lipinski definition) is 2. The third kappa shape index (κ3) is 4.76. The first-order valence-corrected chi connectivity index (χ1v) is 9.20. The van der Waals surface area contributed by atoms with Crippen LogP contribution in [0, 0.1) is 0 Å². The van der Waals surface area contributed by atoms with Crippen molar-refractivity contribution in [3.8, 4) is 0 Å². The van der Waals surface area contributed by atoms with E-state index in [4.69, 9.17) is 9.47 Å². The molecule has 1 fully saturated rings. The average molecular weight is 390 g/mol. The van der Waals surface area contributed by atoms with Crippen LogP contribution >= 0.6 is 0 Å². The second kappa shape index (κ2) is 9.47. The number of rotatable bonds is 8. The molecule has 2 N–H and O–H groups in total. The van der Waals surface area contributed by atoms with Crippen molar-refractivity contribution >= 4 is 11.9 Å². The highest BCUT2D eigenvalue weighted by atomic mass is 16.5. The van der Waals surface area contributed by atoms with Gasteiger partial charge in [-0.1, -0.05) is 0 Å². The van der Waals surface area contributed by atoms with Crippen molar-refractivity contribution < 1.29 is 19.1 Å². The molecule has 2 aromatic heterocycles. The third-order valence-electron chi connectivity index (χ3n) is 5.11. The van der Waals surface area contributed by atoms with Gasteiger partial charge in [0.2, 0.25) is 0 Å². The standard InChI is InChI=1S/C18H26N6O4/c1-27-17(25)15(7-13-9-19-11-21-13)23-3-5-24(6-4-23)16(18(26)28-2)8-14-10-20-12-22-14/h9-12,15-16H,3-8H2,1-2H3,(H,19,21)(H,20,22)/t15-,16-/m0/s1. The van der Waals surface area contributed by atoms with Crippen LogP contribution in [-0.2, 0) is 31.9 Å². The number of methoxy groups -OCH3 is 2. The Bertz CT molecular complexity index is 676. The average Bonchev–Trinajstić information content (AvgIpc) is 3.43. The van der Waals surface area contributed by atoms with E-state index >= 15 is 0 Å². The lowest BCUT2D eigenvalue weighted by Crippen LogP contribution is -2.57. The molecule has 0 bridgehead atoms. The molecule has 0 saturated carbocycles. The minimum atomic E-state index is -0.392. The van der Waals surface area contributed by atoms with E-state index in [-0.39, 0.29) is 11.9 Å². The quantitative estimate of drug-likeness (QED) is 0.586. The van der Waals surface area contributed by atoms with Gasteiger partial charge in [-0.3, -0.25) is 19.4 Å². The molecule has 0 aromatic carbocycles. The Hall–Kier alpha value is -2.72. The summed E-state index contributed by atoms with van der Waals surface area (Å²) in [6, 6.07) is -0.784. The highest BCUT2D eigenvalue weighted by Crippen LogP contribution is 2.16. The molecule has 1 saturated heterocycles. The number of ether oxygens (including phenoxy) is 2. The zero-order valence-corrected chi connectivity index (χ0v) is 16.1. The molecule has 2 aromatic rings. The van der Waals surface area contributed by atoms with Gasteiger partial charge in [0.1, 0.15) is 12.1 Å². The van der Waals surface area contributed by atoms with E-state index in [1.54, 1.807) is 25.0 Å².